The molecule has 0 aromatic heterocycles. The number of rotatable bonds is 5. The van der Waals surface area contributed by atoms with Gasteiger partial charge in [-0.25, -0.2) is 0 Å². The Morgan fingerprint density at radius 3 is 2.37 bits per heavy atom. The lowest BCUT2D eigenvalue weighted by molar-refractivity contribution is -0.132. The lowest BCUT2D eigenvalue weighted by Gasteiger charge is -2.26. The molecule has 0 radical (unpaired) electrons. The average molecular weight is 494 g/mol. The smallest absolute Gasteiger partial charge is 0.300 e. The Hall–Kier alpha value is -4.17. The molecular formula is C26H20ClNO7. The van der Waals surface area contributed by atoms with Crippen LogP contribution in [0.2, 0.25) is 5.02 Å². The molecule has 0 spiro atoms. The molecule has 1 fully saturated rings. The fourth-order valence-corrected chi connectivity index (χ4v) is 4.36. The van der Waals surface area contributed by atoms with Crippen LogP contribution in [0.25, 0.3) is 5.76 Å². The van der Waals surface area contributed by atoms with Gasteiger partial charge in [0.25, 0.3) is 11.7 Å². The zero-order chi connectivity index (χ0) is 24.7. The van der Waals surface area contributed by atoms with Crippen molar-refractivity contribution in [1.29, 1.82) is 0 Å². The fourth-order valence-electron chi connectivity index (χ4n) is 4.24. The van der Waals surface area contributed by atoms with E-state index in [2.05, 4.69) is 0 Å². The lowest BCUT2D eigenvalue weighted by atomic mass is 9.94. The van der Waals surface area contributed by atoms with Crippen LogP contribution in [-0.2, 0) is 9.59 Å². The summed E-state index contributed by atoms with van der Waals surface area (Å²) in [6, 6.07) is 15.4. The number of benzene rings is 3. The monoisotopic (exact) mass is 493 g/mol. The molecule has 0 aliphatic carbocycles. The molecule has 0 saturated carbocycles. The minimum atomic E-state index is -0.953. The number of ether oxygens (including phenoxy) is 4. The summed E-state index contributed by atoms with van der Waals surface area (Å²) in [7, 11) is 3.00. The summed E-state index contributed by atoms with van der Waals surface area (Å²) in [6.07, 6.45) is 0. The number of Topliss-reactive ketones (excluding diaryl/α,β-unsaturated/α-hetero) is 1. The Kier molecular flexibility index (Phi) is 5.74. The van der Waals surface area contributed by atoms with E-state index in [9.17, 15) is 14.7 Å². The van der Waals surface area contributed by atoms with Crippen molar-refractivity contribution < 1.29 is 33.6 Å². The van der Waals surface area contributed by atoms with Gasteiger partial charge in [0.2, 0.25) is 6.79 Å². The number of hydrogen-bond acceptors (Lipinski definition) is 7. The molecule has 178 valence electrons. The van der Waals surface area contributed by atoms with Gasteiger partial charge in [-0.15, -0.1) is 0 Å². The van der Waals surface area contributed by atoms with Crippen molar-refractivity contribution in [1.82, 2.24) is 0 Å². The quantitative estimate of drug-likeness (QED) is 0.312. The third-order valence-corrected chi connectivity index (χ3v) is 6.17. The maximum atomic E-state index is 13.3. The zero-order valence-electron chi connectivity index (χ0n) is 18.8. The maximum absolute atomic E-state index is 13.3. The van der Waals surface area contributed by atoms with E-state index in [0.29, 0.717) is 44.8 Å². The number of halogens is 1. The molecule has 3 aromatic carbocycles. The molecule has 2 aliphatic heterocycles. The summed E-state index contributed by atoms with van der Waals surface area (Å²) in [4.78, 5) is 28.0. The summed E-state index contributed by atoms with van der Waals surface area (Å²) in [5.74, 6) is -0.0545. The summed E-state index contributed by atoms with van der Waals surface area (Å²) < 4.78 is 21.6. The molecule has 1 unspecified atom stereocenters. The largest absolute Gasteiger partial charge is 0.507 e. The van der Waals surface area contributed by atoms with Gasteiger partial charge in [-0.1, -0.05) is 17.7 Å². The van der Waals surface area contributed by atoms with Crippen LogP contribution in [0.4, 0.5) is 5.69 Å². The summed E-state index contributed by atoms with van der Waals surface area (Å²) in [5, 5.41) is 11.7. The van der Waals surface area contributed by atoms with Crippen molar-refractivity contribution in [3.63, 3.8) is 0 Å². The van der Waals surface area contributed by atoms with Gasteiger partial charge in [-0.05, 0) is 54.1 Å². The number of carbonyl (C=O) groups is 2. The second kappa shape index (κ2) is 8.88. The van der Waals surface area contributed by atoms with E-state index < -0.39 is 17.7 Å². The Labute approximate surface area is 205 Å². The van der Waals surface area contributed by atoms with Gasteiger partial charge in [0.1, 0.15) is 5.76 Å². The minimum absolute atomic E-state index is 0.0628. The van der Waals surface area contributed by atoms with Crippen LogP contribution in [0.5, 0.6) is 23.0 Å². The summed E-state index contributed by atoms with van der Waals surface area (Å²) in [5.41, 5.74) is 1.23. The van der Waals surface area contributed by atoms with Gasteiger partial charge in [0.05, 0.1) is 25.8 Å². The number of amides is 1. The van der Waals surface area contributed by atoms with E-state index in [-0.39, 0.29) is 18.1 Å². The van der Waals surface area contributed by atoms with Gasteiger partial charge < -0.3 is 24.1 Å². The van der Waals surface area contributed by atoms with Gasteiger partial charge in [-0.2, -0.15) is 0 Å². The van der Waals surface area contributed by atoms with E-state index in [1.54, 1.807) is 60.7 Å². The van der Waals surface area contributed by atoms with Gasteiger partial charge in [0, 0.05) is 22.3 Å². The number of hydrogen-bond donors (Lipinski definition) is 1. The van der Waals surface area contributed by atoms with Crippen molar-refractivity contribution in [3.05, 3.63) is 82.4 Å². The van der Waals surface area contributed by atoms with Crippen molar-refractivity contribution >= 4 is 34.7 Å². The third-order valence-electron chi connectivity index (χ3n) is 5.92. The predicted molar refractivity (Wildman–Crippen MR) is 128 cm³/mol. The van der Waals surface area contributed by atoms with Crippen LogP contribution in [0.3, 0.4) is 0 Å². The highest BCUT2D eigenvalue weighted by Crippen LogP contribution is 2.46. The SMILES string of the molecule is COc1ccc(C2/C(=C(\O)c3ccc(Cl)cc3)C(=O)C(=O)N2c2ccc3c(c2)OCO3)cc1OC. The number of methoxy groups -OCH3 is 2. The number of aliphatic hydroxyl groups excluding tert-OH is 1. The van der Waals surface area contributed by atoms with E-state index in [0.717, 1.165) is 0 Å². The molecule has 2 heterocycles. The van der Waals surface area contributed by atoms with Crippen molar-refractivity contribution in [3.8, 4) is 23.0 Å². The molecule has 35 heavy (non-hydrogen) atoms. The molecule has 1 saturated heterocycles. The van der Waals surface area contributed by atoms with Crippen LogP contribution in [0.15, 0.2) is 66.2 Å². The molecule has 3 aromatic rings. The number of nitrogens with zero attached hydrogens (tertiary/aromatic N) is 1. The first kappa shape index (κ1) is 22.6. The minimum Gasteiger partial charge on any atom is -0.507 e. The van der Waals surface area contributed by atoms with E-state index in [1.165, 1.54) is 19.1 Å². The third kappa shape index (κ3) is 3.81. The first-order chi connectivity index (χ1) is 16.9. The second-order valence-corrected chi connectivity index (χ2v) is 8.26. The molecule has 0 bridgehead atoms. The lowest BCUT2D eigenvalue weighted by Crippen LogP contribution is -2.29. The summed E-state index contributed by atoms with van der Waals surface area (Å²) in [6.45, 7) is 0.0628. The molecule has 1 atom stereocenters. The molecule has 2 aliphatic rings. The molecular weight excluding hydrogens is 474 g/mol. The fraction of sp³-hybridized carbons (Fsp3) is 0.154. The van der Waals surface area contributed by atoms with Gasteiger partial charge in [0.15, 0.2) is 23.0 Å². The van der Waals surface area contributed by atoms with Crippen molar-refractivity contribution in [2.75, 3.05) is 25.9 Å². The van der Waals surface area contributed by atoms with Crippen LogP contribution < -0.4 is 23.8 Å². The molecule has 5 rings (SSSR count). The van der Waals surface area contributed by atoms with Crippen LogP contribution in [0.1, 0.15) is 17.2 Å². The van der Waals surface area contributed by atoms with Gasteiger partial charge in [-0.3, -0.25) is 14.5 Å². The molecule has 9 heteroatoms. The van der Waals surface area contributed by atoms with Crippen LogP contribution >= 0.6 is 11.6 Å². The molecule has 1 amide bonds. The molecule has 8 nitrogen and oxygen atoms in total. The Balaban J connectivity index is 1.72. The Bertz CT molecular complexity index is 1370. The Morgan fingerprint density at radius 2 is 1.66 bits per heavy atom. The topological polar surface area (TPSA) is 94.5 Å². The highest BCUT2D eigenvalue weighted by Gasteiger charge is 2.47. The number of anilines is 1. The molecule has 1 N–H and O–H groups in total. The second-order valence-electron chi connectivity index (χ2n) is 7.83. The van der Waals surface area contributed by atoms with Crippen LogP contribution in [0, 0.1) is 0 Å². The number of fused-ring (bicyclic) bond motifs is 1. The van der Waals surface area contributed by atoms with E-state index in [1.807, 2.05) is 0 Å². The highest BCUT2D eigenvalue weighted by molar-refractivity contribution is 6.51. The Morgan fingerprint density at radius 1 is 0.943 bits per heavy atom. The van der Waals surface area contributed by atoms with E-state index >= 15 is 0 Å². The van der Waals surface area contributed by atoms with Crippen molar-refractivity contribution in [2.45, 2.75) is 6.04 Å². The standard InChI is InChI=1S/C26H20ClNO7/c1-32-18-9-5-15(11-20(18)33-2)23-22(24(29)14-3-6-16(27)7-4-14)25(30)26(31)28(23)17-8-10-19-21(12-17)35-13-34-19/h3-12,23,29H,13H2,1-2H3/b24-22+. The van der Waals surface area contributed by atoms with Gasteiger partial charge >= 0.3 is 0 Å². The van der Waals surface area contributed by atoms with E-state index in [4.69, 9.17) is 30.5 Å². The number of aliphatic hydroxyl groups is 1. The van der Waals surface area contributed by atoms with Crippen LogP contribution in [-0.4, -0.2) is 37.8 Å². The number of ketones is 1. The first-order valence-electron chi connectivity index (χ1n) is 10.6. The normalized spacial score (nSPS) is 18.1. The maximum Gasteiger partial charge on any atom is 0.300 e. The highest BCUT2D eigenvalue weighted by atomic mass is 35.5. The van der Waals surface area contributed by atoms with Crippen molar-refractivity contribution in [2.24, 2.45) is 0 Å². The average Bonchev–Trinajstić information content (AvgIpc) is 3.45. The zero-order valence-corrected chi connectivity index (χ0v) is 19.5. The predicted octanol–water partition coefficient (Wildman–Crippen LogP) is 4.71. The first-order valence-corrected chi connectivity index (χ1v) is 11.0. The number of carbonyl (C=O) groups excluding carboxylic acids is 2. The summed E-state index contributed by atoms with van der Waals surface area (Å²) >= 11 is 5.99.